The predicted octanol–water partition coefficient (Wildman–Crippen LogP) is 3.72. The summed E-state index contributed by atoms with van der Waals surface area (Å²) in [5.41, 5.74) is 4.12. The summed E-state index contributed by atoms with van der Waals surface area (Å²) in [7, 11) is 0. The van der Waals surface area contributed by atoms with Gasteiger partial charge < -0.3 is 4.90 Å². The first kappa shape index (κ1) is 18.1. The Morgan fingerprint density at radius 3 is 2.54 bits per heavy atom. The first-order chi connectivity index (χ1) is 12.5. The van der Waals surface area contributed by atoms with Gasteiger partial charge in [-0.15, -0.1) is 0 Å². The van der Waals surface area contributed by atoms with Gasteiger partial charge in [-0.3, -0.25) is 14.9 Å². The monoisotopic (exact) mass is 416 g/mol. The van der Waals surface area contributed by atoms with Gasteiger partial charge in [0.25, 0.3) is 11.6 Å². The van der Waals surface area contributed by atoms with Crippen molar-refractivity contribution >= 4 is 39.4 Å². The highest BCUT2D eigenvalue weighted by atomic mass is 79.9. The summed E-state index contributed by atoms with van der Waals surface area (Å²) in [5, 5.41) is 15.3. The van der Waals surface area contributed by atoms with Crippen molar-refractivity contribution in [1.29, 1.82) is 0 Å². The van der Waals surface area contributed by atoms with Gasteiger partial charge >= 0.3 is 0 Å². The zero-order valence-electron chi connectivity index (χ0n) is 13.9. The Morgan fingerprint density at radius 2 is 1.88 bits per heavy atom. The average Bonchev–Trinajstić information content (AvgIpc) is 3.16. The Hall–Kier alpha value is -2.74. The number of nitrogens with one attached hydrogen (secondary N) is 1. The van der Waals surface area contributed by atoms with Crippen LogP contribution in [0.3, 0.4) is 0 Å². The minimum Gasteiger partial charge on any atom is -0.366 e. The van der Waals surface area contributed by atoms with E-state index in [1.54, 1.807) is 36.4 Å². The number of hydrogen-bond donors (Lipinski definition) is 1. The summed E-state index contributed by atoms with van der Waals surface area (Å²) in [4.78, 5) is 25.0. The maximum atomic E-state index is 12.0. The number of hydrogen-bond acceptors (Lipinski definition) is 5. The van der Waals surface area contributed by atoms with E-state index >= 15 is 0 Å². The molecule has 0 aromatic heterocycles. The number of anilines is 1. The van der Waals surface area contributed by atoms with Gasteiger partial charge in [0.15, 0.2) is 0 Å². The van der Waals surface area contributed by atoms with Crippen molar-refractivity contribution in [2.75, 3.05) is 18.0 Å². The third-order valence-electron chi connectivity index (χ3n) is 4.13. The second kappa shape index (κ2) is 8.09. The van der Waals surface area contributed by atoms with Crippen LogP contribution in [0.2, 0.25) is 0 Å². The van der Waals surface area contributed by atoms with Gasteiger partial charge in [-0.2, -0.15) is 5.10 Å². The molecule has 2 aromatic rings. The van der Waals surface area contributed by atoms with Crippen LogP contribution in [0.5, 0.6) is 0 Å². The minimum atomic E-state index is -0.384. The van der Waals surface area contributed by atoms with Crippen LogP contribution in [0, 0.1) is 10.1 Å². The van der Waals surface area contributed by atoms with Crippen molar-refractivity contribution in [2.24, 2.45) is 5.10 Å². The van der Waals surface area contributed by atoms with E-state index in [0.29, 0.717) is 16.8 Å². The van der Waals surface area contributed by atoms with Crippen LogP contribution >= 0.6 is 15.9 Å². The molecule has 0 radical (unpaired) electrons. The fraction of sp³-hybridized carbons (Fsp3) is 0.222. The molecule has 7 nitrogen and oxygen atoms in total. The van der Waals surface area contributed by atoms with E-state index in [0.717, 1.165) is 30.4 Å². The molecule has 8 heteroatoms. The van der Waals surface area contributed by atoms with E-state index in [4.69, 9.17) is 0 Å². The zero-order valence-corrected chi connectivity index (χ0v) is 15.5. The molecule has 1 heterocycles. The summed E-state index contributed by atoms with van der Waals surface area (Å²) in [6.45, 7) is 1.66. The molecule has 1 aliphatic heterocycles. The van der Waals surface area contributed by atoms with E-state index in [1.165, 1.54) is 12.3 Å². The van der Waals surface area contributed by atoms with Crippen molar-refractivity contribution in [3.8, 4) is 0 Å². The Balaban J connectivity index is 1.71. The van der Waals surface area contributed by atoms with Gasteiger partial charge in [-0.05, 0) is 43.2 Å². The number of rotatable bonds is 5. The third-order valence-corrected chi connectivity index (χ3v) is 4.66. The van der Waals surface area contributed by atoms with Crippen LogP contribution in [-0.4, -0.2) is 30.1 Å². The maximum Gasteiger partial charge on any atom is 0.293 e. The Labute approximate surface area is 159 Å². The van der Waals surface area contributed by atoms with E-state index in [1.807, 2.05) is 4.90 Å². The molecule has 26 heavy (non-hydrogen) atoms. The Bertz CT molecular complexity index is 846. The first-order valence-corrected chi connectivity index (χ1v) is 8.96. The van der Waals surface area contributed by atoms with Crippen molar-refractivity contribution < 1.29 is 9.72 Å². The molecular weight excluding hydrogens is 400 g/mol. The summed E-state index contributed by atoms with van der Waals surface area (Å²) in [6.07, 6.45) is 3.49. The first-order valence-electron chi connectivity index (χ1n) is 8.17. The molecule has 2 aromatic carbocycles. The molecule has 0 saturated carbocycles. The average molecular weight is 417 g/mol. The van der Waals surface area contributed by atoms with Crippen molar-refractivity contribution in [2.45, 2.75) is 12.8 Å². The number of nitro groups is 1. The molecule has 1 amide bonds. The van der Waals surface area contributed by atoms with E-state index < -0.39 is 0 Å². The summed E-state index contributed by atoms with van der Waals surface area (Å²) < 4.78 is 0.878. The molecule has 0 unspecified atom stereocenters. The number of halogens is 1. The number of amides is 1. The Kier molecular flexibility index (Phi) is 5.62. The fourth-order valence-corrected chi connectivity index (χ4v) is 3.09. The van der Waals surface area contributed by atoms with Gasteiger partial charge in [0, 0.05) is 34.8 Å². The highest BCUT2D eigenvalue weighted by Crippen LogP contribution is 2.31. The smallest absolute Gasteiger partial charge is 0.293 e. The lowest BCUT2D eigenvalue weighted by Crippen LogP contribution is -2.19. The molecule has 1 fully saturated rings. The van der Waals surface area contributed by atoms with E-state index in [2.05, 4.69) is 26.5 Å². The summed E-state index contributed by atoms with van der Waals surface area (Å²) >= 11 is 3.31. The molecule has 0 spiro atoms. The predicted molar refractivity (Wildman–Crippen MR) is 104 cm³/mol. The van der Waals surface area contributed by atoms with Crippen LogP contribution in [-0.2, 0) is 0 Å². The topological polar surface area (TPSA) is 87.8 Å². The number of nitrogens with zero attached hydrogens (tertiary/aromatic N) is 3. The second-order valence-corrected chi connectivity index (χ2v) is 6.82. The van der Waals surface area contributed by atoms with Crippen molar-refractivity contribution in [3.63, 3.8) is 0 Å². The third kappa shape index (κ3) is 4.26. The number of hydrazone groups is 1. The van der Waals surface area contributed by atoms with Crippen molar-refractivity contribution in [3.05, 3.63) is 68.2 Å². The molecule has 1 N–H and O–H groups in total. The molecule has 0 aliphatic carbocycles. The van der Waals surface area contributed by atoms with Crippen LogP contribution < -0.4 is 10.3 Å². The molecule has 1 saturated heterocycles. The normalized spacial score (nSPS) is 14.0. The quantitative estimate of drug-likeness (QED) is 0.456. The highest BCUT2D eigenvalue weighted by molar-refractivity contribution is 9.10. The molecule has 1 aliphatic rings. The molecular formula is C18H17BrN4O3. The standard InChI is InChI=1S/C18H17BrN4O3/c19-15-6-4-14(5-7-15)18(24)21-20-12-13-3-8-16(17(11-13)23(25)26)22-9-1-2-10-22/h3-8,11-12H,1-2,9-10H2,(H,21,24)/b20-12+. The molecule has 0 atom stereocenters. The van der Waals surface area contributed by atoms with E-state index in [9.17, 15) is 14.9 Å². The number of carbonyl (C=O) groups excluding carboxylic acids is 1. The molecule has 134 valence electrons. The van der Waals surface area contributed by atoms with Gasteiger partial charge in [0.2, 0.25) is 0 Å². The summed E-state index contributed by atoms with van der Waals surface area (Å²) in [6, 6.07) is 11.8. The van der Waals surface area contributed by atoms with Gasteiger partial charge in [0.1, 0.15) is 5.69 Å². The SMILES string of the molecule is O=C(N/N=C/c1ccc(N2CCCC2)c([N+](=O)[O-])c1)c1ccc(Br)cc1. The molecule has 3 rings (SSSR count). The van der Waals surface area contributed by atoms with Crippen LogP contribution in [0.15, 0.2) is 52.0 Å². The van der Waals surface area contributed by atoms with Crippen LogP contribution in [0.25, 0.3) is 0 Å². The zero-order chi connectivity index (χ0) is 18.5. The lowest BCUT2D eigenvalue weighted by molar-refractivity contribution is -0.384. The van der Waals surface area contributed by atoms with Gasteiger partial charge in [-0.25, -0.2) is 5.43 Å². The fourth-order valence-electron chi connectivity index (χ4n) is 2.82. The largest absolute Gasteiger partial charge is 0.366 e. The minimum absolute atomic E-state index is 0.0510. The lowest BCUT2D eigenvalue weighted by Gasteiger charge is -2.17. The lowest BCUT2D eigenvalue weighted by atomic mass is 10.1. The Morgan fingerprint density at radius 1 is 1.19 bits per heavy atom. The van der Waals surface area contributed by atoms with Crippen LogP contribution in [0.4, 0.5) is 11.4 Å². The van der Waals surface area contributed by atoms with Crippen LogP contribution in [0.1, 0.15) is 28.8 Å². The molecule has 0 bridgehead atoms. The number of benzene rings is 2. The number of carbonyl (C=O) groups is 1. The summed E-state index contributed by atoms with van der Waals surface area (Å²) in [5.74, 6) is -0.350. The van der Waals surface area contributed by atoms with E-state index in [-0.39, 0.29) is 16.5 Å². The van der Waals surface area contributed by atoms with Gasteiger partial charge in [0.05, 0.1) is 11.1 Å². The highest BCUT2D eigenvalue weighted by Gasteiger charge is 2.22. The van der Waals surface area contributed by atoms with Gasteiger partial charge in [-0.1, -0.05) is 22.0 Å². The maximum absolute atomic E-state index is 12.0. The second-order valence-electron chi connectivity index (χ2n) is 5.91. The van der Waals surface area contributed by atoms with Crippen molar-refractivity contribution in [1.82, 2.24) is 5.43 Å². The number of nitro benzene ring substituents is 1.